The van der Waals surface area contributed by atoms with E-state index in [1.54, 1.807) is 0 Å². The summed E-state index contributed by atoms with van der Waals surface area (Å²) in [6.07, 6.45) is 76.9. The second kappa shape index (κ2) is 62.4. The Kier molecular flexibility index (Phi) is 61.0. The van der Waals surface area contributed by atoms with Gasteiger partial charge in [0.2, 0.25) is 0 Å². The molecule has 0 radical (unpaired) electrons. The van der Waals surface area contributed by atoms with E-state index in [0.29, 0.717) is 6.42 Å². The Bertz CT molecular complexity index is 1340. The molecule has 0 aromatic rings. The number of rotatable bonds is 63. The maximum Gasteiger partial charge on any atom is 0.472 e. The number of nitrogens with two attached hydrogens (primary N) is 1. The van der Waals surface area contributed by atoms with Gasteiger partial charge in [-0.25, -0.2) is 4.57 Å². The lowest BCUT2D eigenvalue weighted by molar-refractivity contribution is -0.161. The number of hydrogen-bond acceptors (Lipinski definition) is 8. The summed E-state index contributed by atoms with van der Waals surface area (Å²) in [4.78, 5) is 35.2. The van der Waals surface area contributed by atoms with Crippen LogP contribution in [0.2, 0.25) is 0 Å². The Labute approximate surface area is 471 Å². The van der Waals surface area contributed by atoms with Crippen molar-refractivity contribution in [1.29, 1.82) is 0 Å². The smallest absolute Gasteiger partial charge is 0.462 e. The van der Waals surface area contributed by atoms with E-state index < -0.39 is 26.5 Å². The van der Waals surface area contributed by atoms with Crippen molar-refractivity contribution in [3.05, 3.63) is 36.5 Å². The van der Waals surface area contributed by atoms with Gasteiger partial charge in [0.15, 0.2) is 6.10 Å². The van der Waals surface area contributed by atoms with E-state index in [1.807, 2.05) is 0 Å². The normalized spacial score (nSPS) is 13.2. The summed E-state index contributed by atoms with van der Waals surface area (Å²) in [5.41, 5.74) is 5.38. The summed E-state index contributed by atoms with van der Waals surface area (Å²) in [7, 11) is -4.39. The highest BCUT2D eigenvalue weighted by Crippen LogP contribution is 2.43. The topological polar surface area (TPSA) is 134 Å². The monoisotopic (exact) mass is 1090 g/mol. The highest BCUT2D eigenvalue weighted by Gasteiger charge is 2.26. The van der Waals surface area contributed by atoms with Gasteiger partial charge in [-0.2, -0.15) is 0 Å². The second-order valence-corrected chi connectivity index (χ2v) is 23.8. The lowest BCUT2D eigenvalue weighted by atomic mass is 10.0. The number of allylic oxidation sites excluding steroid dienone is 6. The molecule has 9 nitrogen and oxygen atoms in total. The Morgan fingerprint density at radius 1 is 0.408 bits per heavy atom. The number of carbonyl (C=O) groups is 2. The summed E-state index contributed by atoms with van der Waals surface area (Å²) < 4.78 is 33.0. The molecule has 0 fully saturated rings. The molecule has 10 heteroatoms. The lowest BCUT2D eigenvalue weighted by Gasteiger charge is -2.19. The van der Waals surface area contributed by atoms with Crippen molar-refractivity contribution in [2.24, 2.45) is 5.73 Å². The first-order chi connectivity index (χ1) is 37.3. The number of phosphoric ester groups is 1. The first kappa shape index (κ1) is 74.2. The third-order valence-corrected chi connectivity index (χ3v) is 15.8. The Morgan fingerprint density at radius 3 is 1.08 bits per heavy atom. The van der Waals surface area contributed by atoms with Gasteiger partial charge in [-0.3, -0.25) is 18.6 Å². The molecule has 0 aliphatic rings. The average Bonchev–Trinajstić information content (AvgIpc) is 3.41. The van der Waals surface area contributed by atoms with Crippen molar-refractivity contribution in [3.8, 4) is 0 Å². The molecule has 448 valence electrons. The van der Waals surface area contributed by atoms with Crippen LogP contribution < -0.4 is 5.73 Å². The van der Waals surface area contributed by atoms with E-state index >= 15 is 0 Å². The molecular formula is C66H126NO8P. The minimum atomic E-state index is -4.39. The first-order valence-electron chi connectivity index (χ1n) is 33.0. The number of hydrogen-bond donors (Lipinski definition) is 2. The van der Waals surface area contributed by atoms with Crippen LogP contribution in [-0.2, 0) is 32.7 Å². The van der Waals surface area contributed by atoms with Crippen LogP contribution in [0.4, 0.5) is 0 Å². The van der Waals surface area contributed by atoms with Crippen LogP contribution in [0, 0.1) is 0 Å². The number of unbranched alkanes of at least 4 members (excludes halogenated alkanes) is 44. The van der Waals surface area contributed by atoms with Gasteiger partial charge in [0.05, 0.1) is 13.2 Å². The zero-order chi connectivity index (χ0) is 55.2. The average molecular weight is 1090 g/mol. The predicted octanol–water partition coefficient (Wildman–Crippen LogP) is 21.1. The molecule has 0 aromatic carbocycles. The van der Waals surface area contributed by atoms with Crippen molar-refractivity contribution in [2.45, 2.75) is 347 Å². The molecule has 2 unspecified atom stereocenters. The molecule has 0 aromatic heterocycles. The van der Waals surface area contributed by atoms with Crippen molar-refractivity contribution in [2.75, 3.05) is 26.4 Å². The summed E-state index contributed by atoms with van der Waals surface area (Å²) >= 11 is 0. The SMILES string of the molecule is CC/C=C\C/C=C\C/C=C\CCCCCCCCCC(=O)OC(COC(=O)CCCCCCCCCCCCCCCCCCCCCCCCCCCCCCCCCCCCCCCC)COP(=O)(O)OCCN. The molecule has 0 saturated heterocycles. The van der Waals surface area contributed by atoms with Crippen LogP contribution in [0.15, 0.2) is 36.5 Å². The van der Waals surface area contributed by atoms with E-state index in [9.17, 15) is 19.0 Å². The van der Waals surface area contributed by atoms with E-state index in [4.69, 9.17) is 24.3 Å². The van der Waals surface area contributed by atoms with Crippen LogP contribution in [0.3, 0.4) is 0 Å². The molecular weight excluding hydrogens is 966 g/mol. The maximum atomic E-state index is 12.7. The molecule has 0 aliphatic heterocycles. The quantitative estimate of drug-likeness (QED) is 0.0264. The third kappa shape index (κ3) is 61.4. The van der Waals surface area contributed by atoms with E-state index in [0.717, 1.165) is 64.2 Å². The van der Waals surface area contributed by atoms with E-state index in [-0.39, 0.29) is 38.6 Å². The predicted molar refractivity (Wildman–Crippen MR) is 326 cm³/mol. The maximum absolute atomic E-state index is 12.7. The number of ether oxygens (including phenoxy) is 2. The van der Waals surface area contributed by atoms with Gasteiger partial charge < -0.3 is 20.1 Å². The molecule has 2 atom stereocenters. The number of esters is 2. The Balaban J connectivity index is 3.73. The van der Waals surface area contributed by atoms with Gasteiger partial charge in [-0.15, -0.1) is 0 Å². The van der Waals surface area contributed by atoms with Crippen molar-refractivity contribution < 1.29 is 37.6 Å². The zero-order valence-electron chi connectivity index (χ0n) is 50.3. The van der Waals surface area contributed by atoms with Gasteiger partial charge >= 0.3 is 19.8 Å². The number of carbonyl (C=O) groups excluding carboxylic acids is 2. The largest absolute Gasteiger partial charge is 0.472 e. The van der Waals surface area contributed by atoms with Crippen LogP contribution in [0.5, 0.6) is 0 Å². The van der Waals surface area contributed by atoms with Crippen LogP contribution in [0.1, 0.15) is 341 Å². The Morgan fingerprint density at radius 2 is 0.724 bits per heavy atom. The molecule has 3 N–H and O–H groups in total. The molecule has 0 amide bonds. The Hall–Kier alpha value is -1.77. The fraction of sp³-hybridized carbons (Fsp3) is 0.879. The molecule has 0 aliphatic carbocycles. The van der Waals surface area contributed by atoms with Gasteiger partial charge in [-0.1, -0.05) is 320 Å². The first-order valence-corrected chi connectivity index (χ1v) is 34.5. The molecule has 0 heterocycles. The minimum Gasteiger partial charge on any atom is -0.462 e. The van der Waals surface area contributed by atoms with E-state index in [1.165, 1.54) is 244 Å². The molecule has 0 saturated carbocycles. The molecule has 0 rings (SSSR count). The molecule has 0 bridgehead atoms. The van der Waals surface area contributed by atoms with Crippen LogP contribution >= 0.6 is 7.82 Å². The van der Waals surface area contributed by atoms with Gasteiger partial charge in [0.1, 0.15) is 6.61 Å². The van der Waals surface area contributed by atoms with Crippen LogP contribution in [0.25, 0.3) is 0 Å². The van der Waals surface area contributed by atoms with E-state index in [2.05, 4.69) is 50.3 Å². The summed E-state index contributed by atoms with van der Waals surface area (Å²) in [6, 6.07) is 0. The third-order valence-electron chi connectivity index (χ3n) is 14.8. The van der Waals surface area contributed by atoms with Crippen LogP contribution in [-0.4, -0.2) is 49.3 Å². The lowest BCUT2D eigenvalue weighted by Crippen LogP contribution is -2.29. The van der Waals surface area contributed by atoms with Crippen molar-refractivity contribution in [1.82, 2.24) is 0 Å². The van der Waals surface area contributed by atoms with Gasteiger partial charge in [-0.05, 0) is 44.9 Å². The zero-order valence-corrected chi connectivity index (χ0v) is 51.2. The van der Waals surface area contributed by atoms with Gasteiger partial charge in [0.25, 0.3) is 0 Å². The summed E-state index contributed by atoms with van der Waals surface area (Å²) in [6.45, 7) is 3.67. The second-order valence-electron chi connectivity index (χ2n) is 22.3. The fourth-order valence-electron chi connectivity index (χ4n) is 9.95. The summed E-state index contributed by atoms with van der Waals surface area (Å²) in [5.74, 6) is -0.824. The van der Waals surface area contributed by atoms with Crippen molar-refractivity contribution >= 4 is 19.8 Å². The standard InChI is InChI=1S/C66H126NO8P/c1-3-5-7-9-11-13-15-17-19-21-22-23-24-25-26-27-28-29-30-31-32-33-34-35-36-37-38-39-40-41-43-44-46-48-50-52-54-56-58-65(68)72-62-64(63-74-76(70,71)73-61-60-67)75-66(69)59-57-55-53-51-49-47-45-42-20-18-16-14-12-10-8-6-4-2/h6,8,12,14,18,20,64H,3-5,7,9-11,13,15-17,19,21-63,67H2,1-2H3,(H,70,71)/b8-6-,14-12-,20-18-. The van der Waals surface area contributed by atoms with Gasteiger partial charge in [0, 0.05) is 19.4 Å². The summed E-state index contributed by atoms with van der Waals surface area (Å²) in [5, 5.41) is 0. The molecule has 0 spiro atoms. The highest BCUT2D eigenvalue weighted by molar-refractivity contribution is 7.47. The molecule has 76 heavy (non-hydrogen) atoms. The fourth-order valence-corrected chi connectivity index (χ4v) is 10.7. The minimum absolute atomic E-state index is 0.0525. The highest BCUT2D eigenvalue weighted by atomic mass is 31.2. The van der Waals surface area contributed by atoms with Crippen molar-refractivity contribution in [3.63, 3.8) is 0 Å². The number of phosphoric acid groups is 1.